The fourth-order valence-corrected chi connectivity index (χ4v) is 4.32. The first-order valence-corrected chi connectivity index (χ1v) is 7.94. The minimum Gasteiger partial charge on any atom is -0.346 e. The van der Waals surface area contributed by atoms with E-state index >= 15 is 0 Å². The van der Waals surface area contributed by atoms with Crippen molar-refractivity contribution in [2.75, 3.05) is 0 Å². The number of hydrogen-bond acceptors (Lipinski definition) is 1. The first kappa shape index (κ1) is 13.2. The van der Waals surface area contributed by atoms with Crippen molar-refractivity contribution in [2.24, 2.45) is 11.1 Å². The summed E-state index contributed by atoms with van der Waals surface area (Å²) in [5, 5.41) is 0. The second-order valence-electron chi connectivity index (χ2n) is 7.50. The predicted molar refractivity (Wildman–Crippen MR) is 80.3 cm³/mol. The van der Waals surface area contributed by atoms with Crippen LogP contribution in [0.4, 0.5) is 0 Å². The van der Waals surface area contributed by atoms with Crippen molar-refractivity contribution >= 4 is 0 Å². The fraction of sp³-hybridized carbons (Fsp3) is 0.765. The van der Waals surface area contributed by atoms with Gasteiger partial charge in [0.25, 0.3) is 0 Å². The summed E-state index contributed by atoms with van der Waals surface area (Å²) in [4.78, 5) is 0. The smallest absolute Gasteiger partial charge is 0.0336 e. The molecule has 1 unspecified atom stereocenters. The van der Waals surface area contributed by atoms with Crippen LogP contribution >= 0.6 is 0 Å². The molecule has 1 atom stereocenters. The van der Waals surface area contributed by atoms with Gasteiger partial charge in [-0.1, -0.05) is 33.1 Å². The molecule has 3 rings (SSSR count). The molecule has 2 aliphatic rings. The Labute approximate surface area is 117 Å². The highest BCUT2D eigenvalue weighted by atomic mass is 15.0. The Bertz CT molecular complexity index is 464. The summed E-state index contributed by atoms with van der Waals surface area (Å²) < 4.78 is 2.65. The molecule has 0 bridgehead atoms. The van der Waals surface area contributed by atoms with Crippen LogP contribution < -0.4 is 5.73 Å². The number of nitrogens with two attached hydrogens (primary N) is 1. The normalized spacial score (nSPS) is 27.3. The molecule has 1 aromatic rings. The van der Waals surface area contributed by atoms with Gasteiger partial charge >= 0.3 is 0 Å². The molecule has 0 aliphatic heterocycles. The molecule has 106 valence electrons. The van der Waals surface area contributed by atoms with E-state index < -0.39 is 0 Å². The number of fused-ring (bicyclic) bond motifs is 1. The highest BCUT2D eigenvalue weighted by Crippen LogP contribution is 2.43. The highest BCUT2D eigenvalue weighted by molar-refractivity contribution is 5.34. The highest BCUT2D eigenvalue weighted by Gasteiger charge is 2.34. The largest absolute Gasteiger partial charge is 0.346 e. The third kappa shape index (κ3) is 2.35. The van der Waals surface area contributed by atoms with Crippen LogP contribution in [-0.2, 0) is 6.42 Å². The first-order chi connectivity index (χ1) is 8.98. The molecule has 2 N–H and O–H groups in total. The van der Waals surface area contributed by atoms with Gasteiger partial charge in [0.05, 0.1) is 0 Å². The Morgan fingerprint density at radius 2 is 1.89 bits per heavy atom. The number of rotatable bonds is 1. The van der Waals surface area contributed by atoms with E-state index in [1.165, 1.54) is 49.8 Å². The molecule has 0 spiro atoms. The Kier molecular flexibility index (Phi) is 3.24. The number of nitrogens with zero attached hydrogens (tertiary/aromatic N) is 1. The van der Waals surface area contributed by atoms with Crippen molar-refractivity contribution in [3.05, 3.63) is 23.0 Å². The van der Waals surface area contributed by atoms with Gasteiger partial charge in [-0.15, -0.1) is 0 Å². The molecule has 0 radical (unpaired) electrons. The van der Waals surface area contributed by atoms with Gasteiger partial charge in [-0.3, -0.25) is 0 Å². The van der Waals surface area contributed by atoms with Crippen LogP contribution in [0.5, 0.6) is 0 Å². The second-order valence-corrected chi connectivity index (χ2v) is 7.50. The average Bonchev–Trinajstić information content (AvgIpc) is 2.65. The lowest BCUT2D eigenvalue weighted by Crippen LogP contribution is -2.31. The number of aromatic nitrogens is 1. The van der Waals surface area contributed by atoms with Crippen molar-refractivity contribution < 1.29 is 0 Å². The van der Waals surface area contributed by atoms with Crippen LogP contribution in [0.2, 0.25) is 0 Å². The zero-order valence-corrected chi connectivity index (χ0v) is 12.7. The molecule has 0 amide bonds. The molecule has 1 aromatic heterocycles. The monoisotopic (exact) mass is 260 g/mol. The molecule has 2 nitrogen and oxygen atoms in total. The quantitative estimate of drug-likeness (QED) is 0.803. The maximum atomic E-state index is 6.42. The SMILES string of the molecule is Cc1cc2c(n1C1CCCCC1)CC(C)(C)CC2N. The molecule has 0 aromatic carbocycles. The molecular formula is C17H28N2. The van der Waals surface area contributed by atoms with E-state index in [1.807, 2.05) is 0 Å². The van der Waals surface area contributed by atoms with Crippen molar-refractivity contribution in [1.82, 2.24) is 4.57 Å². The minimum absolute atomic E-state index is 0.238. The van der Waals surface area contributed by atoms with Crippen LogP contribution in [0.15, 0.2) is 6.07 Å². The summed E-state index contributed by atoms with van der Waals surface area (Å²) in [6, 6.07) is 3.34. The van der Waals surface area contributed by atoms with E-state index in [0.717, 1.165) is 12.5 Å². The van der Waals surface area contributed by atoms with Gasteiger partial charge in [0.2, 0.25) is 0 Å². The number of hydrogen-bond donors (Lipinski definition) is 1. The van der Waals surface area contributed by atoms with E-state index in [9.17, 15) is 0 Å². The van der Waals surface area contributed by atoms with Crippen LogP contribution in [0.1, 0.15) is 81.4 Å². The van der Waals surface area contributed by atoms with Crippen LogP contribution in [-0.4, -0.2) is 4.57 Å². The van der Waals surface area contributed by atoms with Crippen molar-refractivity contribution in [1.29, 1.82) is 0 Å². The molecule has 1 heterocycles. The summed E-state index contributed by atoms with van der Waals surface area (Å²) in [6.07, 6.45) is 9.24. The Morgan fingerprint density at radius 3 is 2.58 bits per heavy atom. The summed E-state index contributed by atoms with van der Waals surface area (Å²) in [5.74, 6) is 0. The maximum absolute atomic E-state index is 6.42. The lowest BCUT2D eigenvalue weighted by Gasteiger charge is -2.36. The van der Waals surface area contributed by atoms with E-state index in [-0.39, 0.29) is 6.04 Å². The summed E-state index contributed by atoms with van der Waals surface area (Å²) in [7, 11) is 0. The molecular weight excluding hydrogens is 232 g/mol. The Hall–Kier alpha value is -0.760. The van der Waals surface area contributed by atoms with Gasteiger partial charge < -0.3 is 10.3 Å². The summed E-state index contributed by atoms with van der Waals surface area (Å²) in [6.45, 7) is 7.00. The summed E-state index contributed by atoms with van der Waals surface area (Å²) in [5.41, 5.74) is 11.2. The zero-order valence-electron chi connectivity index (χ0n) is 12.7. The van der Waals surface area contributed by atoms with Gasteiger partial charge in [0.1, 0.15) is 0 Å². The molecule has 1 fully saturated rings. The van der Waals surface area contributed by atoms with E-state index in [2.05, 4.69) is 31.4 Å². The lowest BCUT2D eigenvalue weighted by atomic mass is 9.74. The molecule has 0 saturated heterocycles. The van der Waals surface area contributed by atoms with Crippen molar-refractivity contribution in [3.63, 3.8) is 0 Å². The van der Waals surface area contributed by atoms with Crippen LogP contribution in [0, 0.1) is 12.3 Å². The molecule has 1 saturated carbocycles. The van der Waals surface area contributed by atoms with Gasteiger partial charge in [0.15, 0.2) is 0 Å². The average molecular weight is 260 g/mol. The van der Waals surface area contributed by atoms with Crippen molar-refractivity contribution in [3.8, 4) is 0 Å². The van der Waals surface area contributed by atoms with Gasteiger partial charge in [-0.05, 0) is 49.7 Å². The molecule has 19 heavy (non-hydrogen) atoms. The van der Waals surface area contributed by atoms with Crippen LogP contribution in [0.3, 0.4) is 0 Å². The fourth-order valence-electron chi connectivity index (χ4n) is 4.32. The standard InChI is InChI=1S/C17H28N2/c1-12-9-14-15(18)10-17(2,3)11-16(14)19(12)13-7-5-4-6-8-13/h9,13,15H,4-8,10-11,18H2,1-3H3. The van der Waals surface area contributed by atoms with Crippen LogP contribution in [0.25, 0.3) is 0 Å². The van der Waals surface area contributed by atoms with Gasteiger partial charge in [0, 0.05) is 23.5 Å². The zero-order chi connectivity index (χ0) is 13.6. The molecule has 2 heteroatoms. The lowest BCUT2D eigenvalue weighted by molar-refractivity contribution is 0.262. The topological polar surface area (TPSA) is 30.9 Å². The van der Waals surface area contributed by atoms with Gasteiger partial charge in [-0.2, -0.15) is 0 Å². The third-order valence-corrected chi connectivity index (χ3v) is 5.13. The Balaban J connectivity index is 2.01. The maximum Gasteiger partial charge on any atom is 0.0336 e. The van der Waals surface area contributed by atoms with E-state index in [0.29, 0.717) is 5.41 Å². The predicted octanol–water partition coefficient (Wildman–Crippen LogP) is 4.27. The first-order valence-electron chi connectivity index (χ1n) is 7.94. The summed E-state index contributed by atoms with van der Waals surface area (Å²) >= 11 is 0. The van der Waals surface area contributed by atoms with E-state index in [4.69, 9.17) is 5.73 Å². The minimum atomic E-state index is 0.238. The number of aryl methyl sites for hydroxylation is 1. The van der Waals surface area contributed by atoms with Crippen molar-refractivity contribution in [2.45, 2.75) is 77.8 Å². The third-order valence-electron chi connectivity index (χ3n) is 5.13. The second kappa shape index (κ2) is 4.66. The van der Waals surface area contributed by atoms with Gasteiger partial charge in [-0.25, -0.2) is 0 Å². The molecule has 2 aliphatic carbocycles. The van der Waals surface area contributed by atoms with E-state index in [1.54, 1.807) is 5.69 Å². The Morgan fingerprint density at radius 1 is 1.21 bits per heavy atom.